The molecule has 43 heavy (non-hydrogen) atoms. The average Bonchev–Trinajstić information content (AvgIpc) is 2.97. The summed E-state index contributed by atoms with van der Waals surface area (Å²) in [5, 5.41) is 5.34. The number of hydrogen-bond acceptors (Lipinski definition) is 4. The molecular weight excluding hydrogens is 564 g/mol. The summed E-state index contributed by atoms with van der Waals surface area (Å²) in [5.74, 6) is -1.43. The van der Waals surface area contributed by atoms with Crippen molar-refractivity contribution in [2.75, 3.05) is 28.6 Å². The van der Waals surface area contributed by atoms with Crippen LogP contribution in [0.4, 0.5) is 34.6 Å². The van der Waals surface area contributed by atoms with Gasteiger partial charge in [-0.15, -0.1) is 0 Å². The van der Waals surface area contributed by atoms with Gasteiger partial charge in [0.15, 0.2) is 0 Å². The molecule has 0 spiro atoms. The number of pyridine rings is 1. The van der Waals surface area contributed by atoms with Gasteiger partial charge in [-0.2, -0.15) is 13.2 Å². The lowest BCUT2D eigenvalue weighted by Gasteiger charge is -2.44. The van der Waals surface area contributed by atoms with Gasteiger partial charge in [-0.1, -0.05) is 12.1 Å². The molecule has 4 aromatic rings. The summed E-state index contributed by atoms with van der Waals surface area (Å²) in [5.41, 5.74) is 1.26. The Bertz CT molecular complexity index is 1770. The van der Waals surface area contributed by atoms with Gasteiger partial charge >= 0.3 is 6.18 Å². The molecule has 0 aliphatic carbocycles. The molecule has 3 heterocycles. The molecule has 6 rings (SSSR count). The highest BCUT2D eigenvalue weighted by Crippen LogP contribution is 2.39. The van der Waals surface area contributed by atoms with E-state index >= 15 is 0 Å². The van der Waals surface area contributed by atoms with Crippen LogP contribution in [0.2, 0.25) is 0 Å². The van der Waals surface area contributed by atoms with E-state index < -0.39 is 29.4 Å². The van der Waals surface area contributed by atoms with Crippen molar-refractivity contribution in [2.24, 2.45) is 5.92 Å². The van der Waals surface area contributed by atoms with Crippen molar-refractivity contribution in [3.05, 3.63) is 123 Å². The van der Waals surface area contributed by atoms with Crippen LogP contribution in [0.15, 0.2) is 89.7 Å². The lowest BCUT2D eigenvalue weighted by atomic mass is 9.83. The first kappa shape index (κ1) is 28.2. The van der Waals surface area contributed by atoms with E-state index in [1.165, 1.54) is 42.5 Å². The van der Waals surface area contributed by atoms with Crippen LogP contribution < -0.4 is 21.1 Å². The fourth-order valence-electron chi connectivity index (χ4n) is 5.92. The number of benzene rings is 3. The predicted molar refractivity (Wildman–Crippen MR) is 154 cm³/mol. The lowest BCUT2D eigenvalue weighted by Crippen LogP contribution is -2.47. The van der Waals surface area contributed by atoms with Gasteiger partial charge in [0.2, 0.25) is 0 Å². The van der Waals surface area contributed by atoms with Crippen LogP contribution in [-0.2, 0) is 12.7 Å². The number of carbonyl (C=O) groups is 2. The quantitative estimate of drug-likeness (QED) is 0.274. The monoisotopic (exact) mass is 590 g/mol. The Kier molecular flexibility index (Phi) is 7.25. The van der Waals surface area contributed by atoms with Crippen LogP contribution >= 0.6 is 0 Å². The summed E-state index contributed by atoms with van der Waals surface area (Å²) in [6.07, 6.45) is -3.66. The molecule has 2 bridgehead atoms. The Hall–Kier alpha value is -4.93. The minimum atomic E-state index is -4.57. The van der Waals surface area contributed by atoms with E-state index in [9.17, 15) is 31.9 Å². The smallest absolute Gasteiger partial charge is 0.369 e. The van der Waals surface area contributed by atoms with E-state index in [1.54, 1.807) is 24.3 Å². The molecule has 1 saturated heterocycles. The summed E-state index contributed by atoms with van der Waals surface area (Å²) < 4.78 is 54.8. The molecule has 2 atom stereocenters. The number of nitrogens with one attached hydrogen (secondary N) is 2. The van der Waals surface area contributed by atoms with Crippen molar-refractivity contribution in [3.63, 3.8) is 0 Å². The first-order chi connectivity index (χ1) is 20.5. The maximum absolute atomic E-state index is 13.5. The van der Waals surface area contributed by atoms with E-state index in [4.69, 9.17) is 0 Å². The van der Waals surface area contributed by atoms with E-state index in [1.807, 2.05) is 10.6 Å². The summed E-state index contributed by atoms with van der Waals surface area (Å²) in [4.78, 5) is 40.9. The maximum atomic E-state index is 13.5. The molecule has 2 aliphatic rings. The predicted octanol–water partition coefficient (Wildman–Crippen LogP) is 6.13. The zero-order valence-corrected chi connectivity index (χ0v) is 22.7. The Morgan fingerprint density at radius 2 is 1.51 bits per heavy atom. The number of rotatable bonds is 5. The number of anilines is 3. The summed E-state index contributed by atoms with van der Waals surface area (Å²) in [7, 11) is 0. The third kappa shape index (κ3) is 5.88. The van der Waals surface area contributed by atoms with E-state index in [0.717, 1.165) is 24.2 Å². The molecular formula is C32H26F4N4O3. The topological polar surface area (TPSA) is 83.4 Å². The van der Waals surface area contributed by atoms with Gasteiger partial charge in [-0.3, -0.25) is 14.4 Å². The highest BCUT2D eigenvalue weighted by Gasteiger charge is 2.35. The number of amides is 2. The minimum absolute atomic E-state index is 0.0291. The third-order valence-corrected chi connectivity index (χ3v) is 7.88. The highest BCUT2D eigenvalue weighted by atomic mass is 19.4. The van der Waals surface area contributed by atoms with Gasteiger partial charge < -0.3 is 20.1 Å². The Balaban J connectivity index is 1.32. The van der Waals surface area contributed by atoms with Crippen LogP contribution in [0.1, 0.15) is 44.3 Å². The van der Waals surface area contributed by atoms with Crippen molar-refractivity contribution in [1.82, 2.24) is 4.57 Å². The van der Waals surface area contributed by atoms with Gasteiger partial charge in [0, 0.05) is 54.1 Å². The molecule has 11 heteroatoms. The second-order valence-electron chi connectivity index (χ2n) is 10.8. The Morgan fingerprint density at radius 3 is 2.28 bits per heavy atom. The molecule has 3 aromatic carbocycles. The SMILES string of the molecule is O=C(Nc1cccc(C(F)(F)F)c1)c1ccc(N2CC3CC(C2)c2cccc(=O)n2C3)c(NC(=O)c2ccc(F)cc2)c1. The molecule has 2 aliphatic heterocycles. The number of halogens is 4. The van der Waals surface area contributed by atoms with Crippen molar-refractivity contribution in [2.45, 2.75) is 25.1 Å². The average molecular weight is 591 g/mol. The zero-order chi connectivity index (χ0) is 30.3. The number of piperidine rings is 1. The number of nitrogens with zero attached hydrogens (tertiary/aromatic N) is 2. The van der Waals surface area contributed by atoms with E-state index in [0.29, 0.717) is 31.0 Å². The van der Waals surface area contributed by atoms with Crippen molar-refractivity contribution >= 4 is 28.9 Å². The molecule has 2 amide bonds. The summed E-state index contributed by atoms with van der Waals surface area (Å²) in [6, 6.07) is 19.3. The van der Waals surface area contributed by atoms with E-state index in [-0.39, 0.29) is 34.2 Å². The number of aromatic nitrogens is 1. The van der Waals surface area contributed by atoms with Crippen LogP contribution in [0.3, 0.4) is 0 Å². The van der Waals surface area contributed by atoms with Crippen LogP contribution in [0, 0.1) is 11.7 Å². The fourth-order valence-corrected chi connectivity index (χ4v) is 5.92. The van der Waals surface area contributed by atoms with Crippen molar-refractivity contribution in [1.29, 1.82) is 0 Å². The largest absolute Gasteiger partial charge is 0.416 e. The number of fused-ring (bicyclic) bond motifs is 4. The van der Waals surface area contributed by atoms with Gasteiger partial charge in [0.25, 0.3) is 17.4 Å². The molecule has 1 fully saturated rings. The standard InChI is InChI=1S/C32H26F4N4O3/c33-24-10-7-20(8-11-24)30(42)38-26-14-21(31(43)37-25-4-1-3-23(15-25)32(34,35)36)9-12-28(26)39-16-19-13-22(18-39)27-5-2-6-29(41)40(27)17-19/h1-12,14-15,19,22H,13,16-18H2,(H,37,43)(H,38,42). The third-order valence-electron chi connectivity index (χ3n) is 7.88. The normalized spacial score (nSPS) is 17.6. The van der Waals surface area contributed by atoms with Crippen LogP contribution in [0.25, 0.3) is 0 Å². The first-order valence-corrected chi connectivity index (χ1v) is 13.7. The first-order valence-electron chi connectivity index (χ1n) is 13.7. The van der Waals surface area contributed by atoms with Crippen LogP contribution in [0.5, 0.6) is 0 Å². The molecule has 220 valence electrons. The summed E-state index contributed by atoms with van der Waals surface area (Å²) >= 11 is 0. The fraction of sp³-hybridized carbons (Fsp3) is 0.219. The van der Waals surface area contributed by atoms with Gasteiger partial charge in [0.1, 0.15) is 5.82 Å². The maximum Gasteiger partial charge on any atom is 0.416 e. The lowest BCUT2D eigenvalue weighted by molar-refractivity contribution is -0.137. The Morgan fingerprint density at radius 1 is 0.791 bits per heavy atom. The number of carbonyl (C=O) groups excluding carboxylic acids is 2. The zero-order valence-electron chi connectivity index (χ0n) is 22.7. The summed E-state index contributed by atoms with van der Waals surface area (Å²) in [6.45, 7) is 1.73. The minimum Gasteiger partial charge on any atom is -0.369 e. The second kappa shape index (κ2) is 11.0. The highest BCUT2D eigenvalue weighted by molar-refractivity contribution is 6.09. The number of alkyl halides is 3. The molecule has 0 saturated carbocycles. The molecule has 2 unspecified atom stereocenters. The molecule has 2 N–H and O–H groups in total. The van der Waals surface area contributed by atoms with Gasteiger partial charge in [-0.25, -0.2) is 4.39 Å². The number of hydrogen-bond donors (Lipinski definition) is 2. The van der Waals surface area contributed by atoms with Crippen molar-refractivity contribution in [3.8, 4) is 0 Å². The Labute approximate surface area is 243 Å². The second-order valence-corrected chi connectivity index (χ2v) is 10.8. The van der Waals surface area contributed by atoms with Gasteiger partial charge in [0.05, 0.1) is 16.9 Å². The molecule has 7 nitrogen and oxygen atoms in total. The molecule has 1 aromatic heterocycles. The van der Waals surface area contributed by atoms with Crippen molar-refractivity contribution < 1.29 is 27.2 Å². The van der Waals surface area contributed by atoms with E-state index in [2.05, 4.69) is 15.5 Å². The van der Waals surface area contributed by atoms with Crippen LogP contribution in [-0.4, -0.2) is 29.5 Å². The molecule has 0 radical (unpaired) electrons. The van der Waals surface area contributed by atoms with Gasteiger partial charge in [-0.05, 0) is 79.1 Å².